The van der Waals surface area contributed by atoms with Crippen molar-refractivity contribution < 1.29 is 0 Å². The van der Waals surface area contributed by atoms with Crippen molar-refractivity contribution in [2.75, 3.05) is 0 Å². The molecular formula is C11H22S. The molecule has 0 saturated heterocycles. The van der Waals surface area contributed by atoms with Crippen molar-refractivity contribution in [3.05, 3.63) is 0 Å². The molecule has 12 heavy (non-hydrogen) atoms. The zero-order valence-electron chi connectivity index (χ0n) is 8.31. The summed E-state index contributed by atoms with van der Waals surface area (Å²) in [6, 6.07) is 0. The van der Waals surface area contributed by atoms with Crippen LogP contribution in [0.25, 0.3) is 0 Å². The van der Waals surface area contributed by atoms with Crippen LogP contribution in [-0.4, -0.2) is 4.75 Å². The molecule has 0 atom stereocenters. The first-order valence-electron chi connectivity index (χ1n) is 5.43. The lowest BCUT2D eigenvalue weighted by atomic mass is 9.93. The Balaban J connectivity index is 2.27. The Morgan fingerprint density at radius 1 is 0.750 bits per heavy atom. The Kier molecular flexibility index (Phi) is 4.49. The van der Waals surface area contributed by atoms with Gasteiger partial charge in [0.05, 0.1) is 0 Å². The summed E-state index contributed by atoms with van der Waals surface area (Å²) in [6.45, 7) is 2.30. The molecule has 0 spiro atoms. The first kappa shape index (κ1) is 10.4. The van der Waals surface area contributed by atoms with Crippen molar-refractivity contribution in [1.82, 2.24) is 0 Å². The van der Waals surface area contributed by atoms with Gasteiger partial charge in [-0.15, -0.1) is 0 Å². The monoisotopic (exact) mass is 186 g/mol. The van der Waals surface area contributed by atoms with Crippen molar-refractivity contribution in [2.45, 2.75) is 69.5 Å². The van der Waals surface area contributed by atoms with E-state index in [2.05, 4.69) is 6.92 Å². The minimum atomic E-state index is 0.331. The lowest BCUT2D eigenvalue weighted by molar-refractivity contribution is 0.447. The summed E-state index contributed by atoms with van der Waals surface area (Å²) in [7, 11) is 0. The molecule has 0 aromatic carbocycles. The molecule has 0 unspecified atom stereocenters. The first-order chi connectivity index (χ1) is 5.71. The van der Waals surface area contributed by atoms with Crippen LogP contribution in [0.15, 0.2) is 0 Å². The minimum absolute atomic E-state index is 0.331. The van der Waals surface area contributed by atoms with Gasteiger partial charge in [-0.3, -0.25) is 0 Å². The standard InChI is InChI=1S/C11H22S/c1-11(12)9-7-5-3-2-4-6-8-10-11/h12H,2-10H2,1H3. The average Bonchev–Trinajstić information content (AvgIpc) is 2.02. The van der Waals surface area contributed by atoms with E-state index in [0.29, 0.717) is 4.75 Å². The number of hydrogen-bond donors (Lipinski definition) is 1. The van der Waals surface area contributed by atoms with Gasteiger partial charge in [-0.05, 0) is 12.8 Å². The van der Waals surface area contributed by atoms with E-state index in [0.717, 1.165) is 0 Å². The van der Waals surface area contributed by atoms with Gasteiger partial charge in [0.25, 0.3) is 0 Å². The summed E-state index contributed by atoms with van der Waals surface area (Å²) in [5.74, 6) is 0. The van der Waals surface area contributed by atoms with Gasteiger partial charge in [-0.2, -0.15) is 12.6 Å². The van der Waals surface area contributed by atoms with E-state index >= 15 is 0 Å². The molecule has 0 aliphatic heterocycles. The predicted molar refractivity (Wildman–Crippen MR) is 58.9 cm³/mol. The lowest BCUT2D eigenvalue weighted by Crippen LogP contribution is -2.16. The Morgan fingerprint density at radius 3 is 1.50 bits per heavy atom. The van der Waals surface area contributed by atoms with Crippen LogP contribution in [0.5, 0.6) is 0 Å². The summed E-state index contributed by atoms with van der Waals surface area (Å²) < 4.78 is 0.331. The van der Waals surface area contributed by atoms with Gasteiger partial charge in [-0.1, -0.05) is 51.9 Å². The highest BCUT2D eigenvalue weighted by molar-refractivity contribution is 7.81. The van der Waals surface area contributed by atoms with Crippen LogP contribution >= 0.6 is 12.6 Å². The second kappa shape index (κ2) is 5.16. The van der Waals surface area contributed by atoms with Crippen LogP contribution in [-0.2, 0) is 0 Å². The molecule has 1 heteroatoms. The predicted octanol–water partition coefficient (Wildman–Crippen LogP) is 4.20. The fourth-order valence-electron chi connectivity index (χ4n) is 2.02. The maximum Gasteiger partial charge on any atom is 0.0101 e. The maximum atomic E-state index is 4.72. The smallest absolute Gasteiger partial charge is 0.0101 e. The summed E-state index contributed by atoms with van der Waals surface area (Å²) >= 11 is 4.72. The molecule has 0 radical (unpaired) electrons. The van der Waals surface area contributed by atoms with Crippen LogP contribution in [0.4, 0.5) is 0 Å². The molecule has 72 valence electrons. The second-order valence-corrected chi connectivity index (χ2v) is 5.55. The zero-order valence-corrected chi connectivity index (χ0v) is 9.21. The lowest BCUT2D eigenvalue weighted by Gasteiger charge is -2.24. The highest BCUT2D eigenvalue weighted by Crippen LogP contribution is 2.29. The van der Waals surface area contributed by atoms with E-state index in [-0.39, 0.29) is 0 Å². The van der Waals surface area contributed by atoms with Gasteiger partial charge in [0.2, 0.25) is 0 Å². The quantitative estimate of drug-likeness (QED) is 0.539. The molecule has 0 bridgehead atoms. The Hall–Kier alpha value is 0.350. The van der Waals surface area contributed by atoms with Gasteiger partial charge in [-0.25, -0.2) is 0 Å². The molecular weight excluding hydrogens is 164 g/mol. The van der Waals surface area contributed by atoms with E-state index in [1.54, 1.807) is 0 Å². The molecule has 0 nitrogen and oxygen atoms in total. The highest BCUT2D eigenvalue weighted by atomic mass is 32.1. The third-order valence-electron chi connectivity index (χ3n) is 2.93. The Bertz CT molecular complexity index is 106. The van der Waals surface area contributed by atoms with Gasteiger partial charge in [0, 0.05) is 4.75 Å². The van der Waals surface area contributed by atoms with Crippen LogP contribution in [0.1, 0.15) is 64.7 Å². The van der Waals surface area contributed by atoms with Gasteiger partial charge in [0.1, 0.15) is 0 Å². The Morgan fingerprint density at radius 2 is 1.08 bits per heavy atom. The fourth-order valence-corrected chi connectivity index (χ4v) is 2.34. The van der Waals surface area contributed by atoms with E-state index < -0.39 is 0 Å². The van der Waals surface area contributed by atoms with Gasteiger partial charge in [0.15, 0.2) is 0 Å². The fraction of sp³-hybridized carbons (Fsp3) is 1.00. The molecule has 0 aromatic heterocycles. The largest absolute Gasteiger partial charge is 0.173 e. The van der Waals surface area contributed by atoms with Crippen LogP contribution in [0.2, 0.25) is 0 Å². The number of thiol groups is 1. The van der Waals surface area contributed by atoms with E-state index in [9.17, 15) is 0 Å². The molecule has 0 amide bonds. The third kappa shape index (κ3) is 4.39. The van der Waals surface area contributed by atoms with Crippen LogP contribution in [0, 0.1) is 0 Å². The van der Waals surface area contributed by atoms with Crippen molar-refractivity contribution in [3.63, 3.8) is 0 Å². The molecule has 1 saturated carbocycles. The van der Waals surface area contributed by atoms with Gasteiger partial charge >= 0.3 is 0 Å². The maximum absolute atomic E-state index is 4.72. The molecule has 0 N–H and O–H groups in total. The van der Waals surface area contributed by atoms with Gasteiger partial charge < -0.3 is 0 Å². The molecule has 1 aliphatic carbocycles. The molecule has 1 aliphatic rings. The zero-order chi connectivity index (χ0) is 8.86. The Labute approximate surface area is 82.5 Å². The minimum Gasteiger partial charge on any atom is -0.173 e. The van der Waals surface area contributed by atoms with Crippen molar-refractivity contribution in [1.29, 1.82) is 0 Å². The molecule has 1 fully saturated rings. The molecule has 0 heterocycles. The topological polar surface area (TPSA) is 0 Å². The summed E-state index contributed by atoms with van der Waals surface area (Å²) in [4.78, 5) is 0. The summed E-state index contributed by atoms with van der Waals surface area (Å²) in [6.07, 6.45) is 12.6. The first-order valence-corrected chi connectivity index (χ1v) is 5.88. The van der Waals surface area contributed by atoms with E-state index in [4.69, 9.17) is 12.6 Å². The number of hydrogen-bond acceptors (Lipinski definition) is 1. The van der Waals surface area contributed by atoms with Crippen molar-refractivity contribution in [3.8, 4) is 0 Å². The van der Waals surface area contributed by atoms with Crippen LogP contribution in [0.3, 0.4) is 0 Å². The third-order valence-corrected chi connectivity index (χ3v) is 3.38. The van der Waals surface area contributed by atoms with Crippen molar-refractivity contribution in [2.24, 2.45) is 0 Å². The van der Waals surface area contributed by atoms with E-state index in [1.165, 1.54) is 57.8 Å². The highest BCUT2D eigenvalue weighted by Gasteiger charge is 2.18. The number of rotatable bonds is 0. The molecule has 0 aromatic rings. The van der Waals surface area contributed by atoms with E-state index in [1.807, 2.05) is 0 Å². The summed E-state index contributed by atoms with van der Waals surface area (Å²) in [5.41, 5.74) is 0. The average molecular weight is 186 g/mol. The SMILES string of the molecule is CC1(S)CCCCCCCCC1. The van der Waals surface area contributed by atoms with Crippen molar-refractivity contribution >= 4 is 12.6 Å². The summed E-state index contributed by atoms with van der Waals surface area (Å²) in [5, 5.41) is 0. The van der Waals surface area contributed by atoms with Crippen LogP contribution < -0.4 is 0 Å². The normalized spacial score (nSPS) is 26.5. The second-order valence-electron chi connectivity index (χ2n) is 4.47. The molecule has 1 rings (SSSR count).